The van der Waals surface area contributed by atoms with Crippen molar-refractivity contribution in [3.63, 3.8) is 0 Å². The highest BCUT2D eigenvalue weighted by atomic mass is 16.1. The topological polar surface area (TPSA) is 29.1 Å². The molecule has 0 aliphatic heterocycles. The van der Waals surface area contributed by atoms with E-state index in [1.807, 2.05) is 0 Å². The van der Waals surface area contributed by atoms with Gasteiger partial charge in [0.15, 0.2) is 5.78 Å². The van der Waals surface area contributed by atoms with Gasteiger partial charge in [0.2, 0.25) is 0 Å². The van der Waals surface area contributed by atoms with E-state index in [1.165, 1.54) is 12.8 Å². The van der Waals surface area contributed by atoms with Gasteiger partial charge in [-0.05, 0) is 25.2 Å². The predicted molar refractivity (Wildman–Crippen MR) is 54.4 cm³/mol. The van der Waals surface area contributed by atoms with Gasteiger partial charge in [-0.2, -0.15) is 0 Å². The molecule has 0 radical (unpaired) electrons. The van der Waals surface area contributed by atoms with Crippen molar-refractivity contribution < 1.29 is 4.79 Å². The molecule has 0 aromatic carbocycles. The van der Waals surface area contributed by atoms with Crippen LogP contribution in [0, 0.1) is 5.92 Å². The third-order valence-electron chi connectivity index (χ3n) is 2.29. The molecule has 13 heavy (non-hydrogen) atoms. The van der Waals surface area contributed by atoms with E-state index >= 15 is 0 Å². The van der Waals surface area contributed by atoms with Gasteiger partial charge in [0, 0.05) is 24.7 Å². The van der Waals surface area contributed by atoms with Gasteiger partial charge >= 0.3 is 0 Å². The molecule has 1 aliphatic carbocycles. The van der Waals surface area contributed by atoms with E-state index in [2.05, 4.69) is 19.2 Å². The van der Waals surface area contributed by atoms with Crippen molar-refractivity contribution >= 4 is 5.78 Å². The molecule has 2 nitrogen and oxygen atoms in total. The SMILES string of the molecule is CC(C)CCCNC1=CC(=O)CC1. The lowest BCUT2D eigenvalue weighted by molar-refractivity contribution is -0.114. The third kappa shape index (κ3) is 4.11. The summed E-state index contributed by atoms with van der Waals surface area (Å²) in [5, 5.41) is 3.31. The Labute approximate surface area is 80.4 Å². The van der Waals surface area contributed by atoms with Gasteiger partial charge in [0.05, 0.1) is 0 Å². The van der Waals surface area contributed by atoms with E-state index in [9.17, 15) is 4.79 Å². The standard InChI is InChI=1S/C11H19NO/c1-9(2)4-3-7-12-10-5-6-11(13)8-10/h8-9,12H,3-7H2,1-2H3. The van der Waals surface area contributed by atoms with E-state index in [4.69, 9.17) is 0 Å². The Morgan fingerprint density at radius 1 is 1.46 bits per heavy atom. The minimum Gasteiger partial charge on any atom is -0.388 e. The van der Waals surface area contributed by atoms with Crippen LogP contribution in [-0.4, -0.2) is 12.3 Å². The smallest absolute Gasteiger partial charge is 0.157 e. The van der Waals surface area contributed by atoms with Gasteiger partial charge in [0.25, 0.3) is 0 Å². The molecule has 0 saturated heterocycles. The van der Waals surface area contributed by atoms with Crippen LogP contribution in [0.25, 0.3) is 0 Å². The van der Waals surface area contributed by atoms with Gasteiger partial charge in [-0.25, -0.2) is 0 Å². The van der Waals surface area contributed by atoms with Crippen molar-refractivity contribution in [3.8, 4) is 0 Å². The van der Waals surface area contributed by atoms with Crippen LogP contribution in [-0.2, 0) is 4.79 Å². The highest BCUT2D eigenvalue weighted by Crippen LogP contribution is 2.12. The molecule has 1 N–H and O–H groups in total. The Hall–Kier alpha value is -0.790. The fourth-order valence-corrected chi connectivity index (χ4v) is 1.50. The number of hydrogen-bond acceptors (Lipinski definition) is 2. The largest absolute Gasteiger partial charge is 0.388 e. The summed E-state index contributed by atoms with van der Waals surface area (Å²) < 4.78 is 0. The summed E-state index contributed by atoms with van der Waals surface area (Å²) in [6.45, 7) is 5.48. The van der Waals surface area contributed by atoms with E-state index < -0.39 is 0 Å². The van der Waals surface area contributed by atoms with E-state index in [0.29, 0.717) is 6.42 Å². The normalized spacial score (nSPS) is 16.5. The van der Waals surface area contributed by atoms with Crippen molar-refractivity contribution in [3.05, 3.63) is 11.8 Å². The van der Waals surface area contributed by atoms with E-state index in [1.54, 1.807) is 6.08 Å². The summed E-state index contributed by atoms with van der Waals surface area (Å²) in [6, 6.07) is 0. The minimum atomic E-state index is 0.270. The van der Waals surface area contributed by atoms with Gasteiger partial charge in [0.1, 0.15) is 0 Å². The number of rotatable bonds is 5. The zero-order chi connectivity index (χ0) is 9.68. The first-order valence-electron chi connectivity index (χ1n) is 5.16. The maximum absolute atomic E-state index is 10.9. The molecule has 1 aliphatic rings. The summed E-state index contributed by atoms with van der Waals surface area (Å²) in [4.78, 5) is 10.9. The first kappa shape index (κ1) is 10.3. The third-order valence-corrected chi connectivity index (χ3v) is 2.29. The fourth-order valence-electron chi connectivity index (χ4n) is 1.50. The first-order valence-corrected chi connectivity index (χ1v) is 5.16. The van der Waals surface area contributed by atoms with E-state index in [-0.39, 0.29) is 5.78 Å². The fraction of sp³-hybridized carbons (Fsp3) is 0.727. The van der Waals surface area contributed by atoms with Crippen LogP contribution < -0.4 is 5.32 Å². The molecular weight excluding hydrogens is 162 g/mol. The maximum Gasteiger partial charge on any atom is 0.157 e. The van der Waals surface area contributed by atoms with E-state index in [0.717, 1.165) is 24.6 Å². The molecule has 0 fully saturated rings. The number of ketones is 1. The van der Waals surface area contributed by atoms with Crippen LogP contribution in [0.5, 0.6) is 0 Å². The summed E-state index contributed by atoms with van der Waals surface area (Å²) in [6.07, 6.45) is 5.82. The van der Waals surface area contributed by atoms with Crippen molar-refractivity contribution in [1.29, 1.82) is 0 Å². The lowest BCUT2D eigenvalue weighted by Crippen LogP contribution is -2.13. The van der Waals surface area contributed by atoms with Crippen molar-refractivity contribution in [2.45, 2.75) is 39.5 Å². The van der Waals surface area contributed by atoms with Crippen LogP contribution in [0.1, 0.15) is 39.5 Å². The molecule has 0 aromatic rings. The lowest BCUT2D eigenvalue weighted by Gasteiger charge is -2.07. The molecule has 1 rings (SSSR count). The van der Waals surface area contributed by atoms with Gasteiger partial charge < -0.3 is 5.32 Å². The molecule has 0 amide bonds. The summed E-state index contributed by atoms with van der Waals surface area (Å²) >= 11 is 0. The molecule has 0 heterocycles. The Kier molecular flexibility index (Phi) is 4.00. The molecule has 0 unspecified atom stereocenters. The second kappa shape index (κ2) is 5.05. The monoisotopic (exact) mass is 181 g/mol. The van der Waals surface area contributed by atoms with Gasteiger partial charge in [-0.15, -0.1) is 0 Å². The van der Waals surface area contributed by atoms with Crippen molar-refractivity contribution in [2.75, 3.05) is 6.54 Å². The van der Waals surface area contributed by atoms with Crippen LogP contribution in [0.15, 0.2) is 11.8 Å². The average molecular weight is 181 g/mol. The average Bonchev–Trinajstić information content (AvgIpc) is 2.45. The zero-order valence-corrected chi connectivity index (χ0v) is 8.60. The maximum atomic E-state index is 10.9. The van der Waals surface area contributed by atoms with Gasteiger partial charge in [-0.3, -0.25) is 4.79 Å². The summed E-state index contributed by atoms with van der Waals surface area (Å²) in [5.41, 5.74) is 1.13. The molecule has 0 atom stereocenters. The van der Waals surface area contributed by atoms with Crippen LogP contribution >= 0.6 is 0 Å². The molecule has 0 aromatic heterocycles. The number of carbonyl (C=O) groups excluding carboxylic acids is 1. The number of nitrogens with one attached hydrogen (secondary N) is 1. The highest BCUT2D eigenvalue weighted by molar-refractivity contribution is 5.92. The minimum absolute atomic E-state index is 0.270. The van der Waals surface area contributed by atoms with Gasteiger partial charge in [-0.1, -0.05) is 13.8 Å². The second-order valence-electron chi connectivity index (χ2n) is 4.10. The molecule has 0 spiro atoms. The summed E-state index contributed by atoms with van der Waals surface area (Å²) in [5.74, 6) is 1.05. The number of allylic oxidation sites excluding steroid dienone is 2. The van der Waals surface area contributed by atoms with Crippen LogP contribution in [0.2, 0.25) is 0 Å². The first-order chi connectivity index (χ1) is 6.18. The molecule has 0 bridgehead atoms. The Morgan fingerprint density at radius 3 is 2.77 bits per heavy atom. The van der Waals surface area contributed by atoms with Crippen molar-refractivity contribution in [1.82, 2.24) is 5.32 Å². The Morgan fingerprint density at radius 2 is 2.23 bits per heavy atom. The van der Waals surface area contributed by atoms with Crippen LogP contribution in [0.4, 0.5) is 0 Å². The molecule has 2 heteroatoms. The Bertz CT molecular complexity index is 206. The number of hydrogen-bond donors (Lipinski definition) is 1. The molecule has 74 valence electrons. The van der Waals surface area contributed by atoms with Crippen LogP contribution in [0.3, 0.4) is 0 Å². The van der Waals surface area contributed by atoms with Crippen molar-refractivity contribution in [2.24, 2.45) is 5.92 Å². The molecule has 0 saturated carbocycles. The number of carbonyl (C=O) groups is 1. The zero-order valence-electron chi connectivity index (χ0n) is 8.60. The predicted octanol–water partition coefficient (Wildman–Crippen LogP) is 2.26. The second-order valence-corrected chi connectivity index (χ2v) is 4.10. The quantitative estimate of drug-likeness (QED) is 0.659. The lowest BCUT2D eigenvalue weighted by atomic mass is 10.1. The highest BCUT2D eigenvalue weighted by Gasteiger charge is 2.10. The molecular formula is C11H19NO. The summed E-state index contributed by atoms with van der Waals surface area (Å²) in [7, 11) is 0. The Balaban J connectivity index is 2.06.